The van der Waals surface area contributed by atoms with Crippen LogP contribution in [0.1, 0.15) is 42.0 Å². The highest BCUT2D eigenvalue weighted by atomic mass is 32.2. The van der Waals surface area contributed by atoms with E-state index in [0.29, 0.717) is 47.2 Å². The van der Waals surface area contributed by atoms with Gasteiger partial charge >= 0.3 is 0 Å². The minimum atomic E-state index is -3.56. The first-order valence-electron chi connectivity index (χ1n) is 10.9. The van der Waals surface area contributed by atoms with Gasteiger partial charge in [0, 0.05) is 17.7 Å². The molecule has 0 aliphatic carbocycles. The number of carbonyl (C=O) groups is 1. The van der Waals surface area contributed by atoms with E-state index < -0.39 is 10.0 Å². The van der Waals surface area contributed by atoms with Crippen molar-refractivity contribution in [3.63, 3.8) is 0 Å². The Hall–Kier alpha value is -3.56. The lowest BCUT2D eigenvalue weighted by Gasteiger charge is -2.12. The number of rotatable bonds is 12. The lowest BCUT2D eigenvalue weighted by Crippen LogP contribution is -2.31. The summed E-state index contributed by atoms with van der Waals surface area (Å²) in [7, 11) is -1.81. The second-order valence-electron chi connectivity index (χ2n) is 7.59. The van der Waals surface area contributed by atoms with Gasteiger partial charge in [0.15, 0.2) is 5.78 Å². The van der Waals surface area contributed by atoms with Crippen molar-refractivity contribution in [3.8, 4) is 12.1 Å². The van der Waals surface area contributed by atoms with Crippen LogP contribution in [0.2, 0.25) is 0 Å². The quantitative estimate of drug-likeness (QED) is 0.357. The van der Waals surface area contributed by atoms with E-state index in [9.17, 15) is 13.2 Å². The SMILES string of the molecule is CC/C(=C/c1ccc(C#N)cc1)C(=O)/C(=C\c1ccc(C#N)cc1)CNS(=O)(=O)CCCNC. The number of hydrogen-bond acceptors (Lipinski definition) is 6. The van der Waals surface area contributed by atoms with Crippen LogP contribution < -0.4 is 10.0 Å². The molecule has 0 heterocycles. The summed E-state index contributed by atoms with van der Waals surface area (Å²) >= 11 is 0. The lowest BCUT2D eigenvalue weighted by atomic mass is 9.97. The molecule has 8 heteroatoms. The van der Waals surface area contributed by atoms with E-state index in [1.807, 2.05) is 13.0 Å². The molecule has 34 heavy (non-hydrogen) atoms. The maximum Gasteiger partial charge on any atom is 0.211 e. The van der Waals surface area contributed by atoms with Crippen molar-refractivity contribution in [1.29, 1.82) is 10.5 Å². The van der Waals surface area contributed by atoms with Gasteiger partial charge in [0.05, 0.1) is 29.0 Å². The number of carbonyl (C=O) groups excluding carboxylic acids is 1. The largest absolute Gasteiger partial charge is 0.320 e. The third-order valence-electron chi connectivity index (χ3n) is 5.05. The van der Waals surface area contributed by atoms with Crippen LogP contribution in [0.15, 0.2) is 59.7 Å². The zero-order chi connectivity index (χ0) is 25.0. The number of nitrogens with zero attached hydrogens (tertiary/aromatic N) is 2. The fourth-order valence-corrected chi connectivity index (χ4v) is 4.18. The Morgan fingerprint density at radius 3 is 1.85 bits per heavy atom. The fourth-order valence-electron chi connectivity index (χ4n) is 3.14. The molecule has 2 aromatic carbocycles. The van der Waals surface area contributed by atoms with Gasteiger partial charge in [-0.25, -0.2) is 13.1 Å². The van der Waals surface area contributed by atoms with Gasteiger partial charge in [0.25, 0.3) is 0 Å². The van der Waals surface area contributed by atoms with E-state index in [1.54, 1.807) is 67.7 Å². The summed E-state index contributed by atoms with van der Waals surface area (Å²) in [6.07, 6.45) is 4.28. The minimum Gasteiger partial charge on any atom is -0.320 e. The highest BCUT2D eigenvalue weighted by molar-refractivity contribution is 7.89. The summed E-state index contributed by atoms with van der Waals surface area (Å²) in [4.78, 5) is 13.4. The number of hydrogen-bond donors (Lipinski definition) is 2. The summed E-state index contributed by atoms with van der Waals surface area (Å²) in [5.41, 5.74) is 3.28. The first-order valence-corrected chi connectivity index (χ1v) is 12.5. The molecular weight excluding hydrogens is 448 g/mol. The molecule has 2 rings (SSSR count). The molecule has 176 valence electrons. The van der Waals surface area contributed by atoms with Crippen LogP contribution in [0.4, 0.5) is 0 Å². The molecule has 7 nitrogen and oxygen atoms in total. The molecule has 2 aromatic rings. The van der Waals surface area contributed by atoms with Gasteiger partial charge in [0.2, 0.25) is 10.0 Å². The predicted molar refractivity (Wildman–Crippen MR) is 134 cm³/mol. The van der Waals surface area contributed by atoms with Crippen molar-refractivity contribution < 1.29 is 13.2 Å². The Labute approximate surface area is 201 Å². The van der Waals surface area contributed by atoms with E-state index in [0.717, 1.165) is 5.56 Å². The number of sulfonamides is 1. The van der Waals surface area contributed by atoms with Crippen LogP contribution in [-0.4, -0.2) is 40.1 Å². The molecule has 2 N–H and O–H groups in total. The number of benzene rings is 2. The third kappa shape index (κ3) is 8.42. The van der Waals surface area contributed by atoms with Crippen molar-refractivity contribution in [3.05, 3.63) is 81.9 Å². The minimum absolute atomic E-state index is 0.0477. The average molecular weight is 477 g/mol. The summed E-state index contributed by atoms with van der Waals surface area (Å²) < 4.78 is 27.3. The van der Waals surface area contributed by atoms with Crippen LogP contribution in [0, 0.1) is 22.7 Å². The Bertz CT molecular complexity index is 1230. The summed E-state index contributed by atoms with van der Waals surface area (Å²) in [5, 5.41) is 20.9. The lowest BCUT2D eigenvalue weighted by molar-refractivity contribution is -0.112. The van der Waals surface area contributed by atoms with Crippen molar-refractivity contribution >= 4 is 28.0 Å². The molecule has 0 saturated heterocycles. The smallest absolute Gasteiger partial charge is 0.211 e. The van der Waals surface area contributed by atoms with Gasteiger partial charge in [-0.15, -0.1) is 0 Å². The van der Waals surface area contributed by atoms with Gasteiger partial charge in [0.1, 0.15) is 0 Å². The predicted octanol–water partition coefficient (Wildman–Crippen LogP) is 3.40. The summed E-state index contributed by atoms with van der Waals surface area (Å²) in [6, 6.07) is 17.7. The van der Waals surface area contributed by atoms with Crippen molar-refractivity contribution in [2.45, 2.75) is 19.8 Å². The van der Waals surface area contributed by atoms with Gasteiger partial charge in [-0.2, -0.15) is 10.5 Å². The maximum atomic E-state index is 13.4. The van der Waals surface area contributed by atoms with Crippen LogP contribution in [0.25, 0.3) is 12.2 Å². The van der Waals surface area contributed by atoms with Crippen molar-refractivity contribution in [2.75, 3.05) is 25.9 Å². The maximum absolute atomic E-state index is 13.4. The van der Waals surface area contributed by atoms with E-state index in [4.69, 9.17) is 10.5 Å². The molecular formula is C26H28N4O3S. The number of nitriles is 2. The Morgan fingerprint density at radius 2 is 1.41 bits per heavy atom. The van der Waals surface area contributed by atoms with Gasteiger partial charge in [-0.1, -0.05) is 31.2 Å². The number of Topliss-reactive ketones (excluding diaryl/α,β-unsaturated/α-hetero) is 1. The molecule has 0 radical (unpaired) electrons. The Morgan fingerprint density at radius 1 is 0.912 bits per heavy atom. The molecule has 0 saturated carbocycles. The zero-order valence-electron chi connectivity index (χ0n) is 19.3. The molecule has 0 aliphatic heterocycles. The van der Waals surface area contributed by atoms with E-state index >= 15 is 0 Å². The third-order valence-corrected chi connectivity index (χ3v) is 6.46. The molecule has 0 aromatic heterocycles. The van der Waals surface area contributed by atoms with Crippen LogP contribution in [0.3, 0.4) is 0 Å². The molecule has 0 atom stereocenters. The normalized spacial score (nSPS) is 12.1. The van der Waals surface area contributed by atoms with Crippen molar-refractivity contribution in [2.24, 2.45) is 0 Å². The Balaban J connectivity index is 2.36. The van der Waals surface area contributed by atoms with Crippen LogP contribution in [-0.2, 0) is 14.8 Å². The van der Waals surface area contributed by atoms with Gasteiger partial charge in [-0.05, 0) is 74.0 Å². The van der Waals surface area contributed by atoms with E-state index in [2.05, 4.69) is 16.1 Å². The fraction of sp³-hybridized carbons (Fsp3) is 0.269. The standard InChI is InChI=1S/C26H28N4O3S/c1-3-24(15-20-5-9-22(17-27)10-6-20)26(31)25(16-21-7-11-23(18-28)12-8-21)19-30-34(32,33)14-4-13-29-2/h5-12,15-16,29-30H,3-4,13-14,19H2,1-2H3/b24-15-,25-16-. The topological polar surface area (TPSA) is 123 Å². The average Bonchev–Trinajstić information content (AvgIpc) is 2.85. The highest BCUT2D eigenvalue weighted by Crippen LogP contribution is 2.18. The summed E-state index contributed by atoms with van der Waals surface area (Å²) in [5.74, 6) is -0.317. The van der Waals surface area contributed by atoms with Crippen molar-refractivity contribution in [1.82, 2.24) is 10.0 Å². The first-order chi connectivity index (χ1) is 16.3. The summed E-state index contributed by atoms with van der Waals surface area (Å²) in [6.45, 7) is 2.28. The van der Waals surface area contributed by atoms with Gasteiger partial charge in [-0.3, -0.25) is 4.79 Å². The molecule has 0 fully saturated rings. The number of nitrogens with one attached hydrogen (secondary N) is 2. The molecule has 0 bridgehead atoms. The number of allylic oxidation sites excluding steroid dienone is 1. The molecule has 0 amide bonds. The first kappa shape index (κ1) is 26.7. The molecule has 0 aliphatic rings. The number of ketones is 1. The van der Waals surface area contributed by atoms with E-state index in [-0.39, 0.29) is 18.1 Å². The highest BCUT2D eigenvalue weighted by Gasteiger charge is 2.18. The monoisotopic (exact) mass is 476 g/mol. The molecule has 0 unspecified atom stereocenters. The second kappa shape index (κ2) is 13.2. The second-order valence-corrected chi connectivity index (χ2v) is 9.51. The zero-order valence-corrected chi connectivity index (χ0v) is 20.2. The van der Waals surface area contributed by atoms with Crippen LogP contribution >= 0.6 is 0 Å². The van der Waals surface area contributed by atoms with E-state index in [1.165, 1.54) is 0 Å². The van der Waals surface area contributed by atoms with Gasteiger partial charge < -0.3 is 5.32 Å². The Kier molecular flexibility index (Phi) is 10.4. The van der Waals surface area contributed by atoms with Crippen LogP contribution in [0.5, 0.6) is 0 Å². The molecule has 0 spiro atoms.